The highest BCUT2D eigenvalue weighted by molar-refractivity contribution is 6.09. The highest BCUT2D eigenvalue weighted by Gasteiger charge is 2.26. The van der Waals surface area contributed by atoms with E-state index in [1.54, 1.807) is 13.3 Å². The fraction of sp³-hybridized carbons (Fsp3) is 0.238. The number of hydrogen-bond acceptors (Lipinski definition) is 4. The lowest BCUT2D eigenvalue weighted by Gasteiger charge is -2.17. The summed E-state index contributed by atoms with van der Waals surface area (Å²) in [6, 6.07) is 31.4. The van der Waals surface area contributed by atoms with Gasteiger partial charge in [0.15, 0.2) is 0 Å². The summed E-state index contributed by atoms with van der Waals surface area (Å²) in [4.78, 5) is 4.71. The molecule has 0 saturated heterocycles. The van der Waals surface area contributed by atoms with Crippen LogP contribution in [0, 0.1) is 20.8 Å². The second-order valence-corrected chi connectivity index (χ2v) is 13.3. The smallest absolute Gasteiger partial charge is 0.141 e. The largest absolute Gasteiger partial charge is 0.497 e. The fourth-order valence-corrected chi connectivity index (χ4v) is 7.00. The fourth-order valence-electron chi connectivity index (χ4n) is 7.00. The monoisotopic (exact) mass is 634 g/mol. The molecule has 6 nitrogen and oxygen atoms in total. The van der Waals surface area contributed by atoms with Gasteiger partial charge in [-0.05, 0) is 91.3 Å². The SMILES string of the molecule is COc1ccnc(-n2c3ccccc3c3ccc(Oc4cc(C)cc(-n5nc(C(C)C)c(-c6c(C)cccc6C)c5C(C)C)c4)cc32)c1. The molecule has 0 unspecified atom stereocenters. The van der Waals surface area contributed by atoms with Gasteiger partial charge in [0.2, 0.25) is 0 Å². The third-order valence-electron chi connectivity index (χ3n) is 9.12. The van der Waals surface area contributed by atoms with Crippen molar-refractivity contribution in [3.63, 3.8) is 0 Å². The lowest BCUT2D eigenvalue weighted by Crippen LogP contribution is -2.06. The Kier molecular flexibility index (Phi) is 8.04. The van der Waals surface area contributed by atoms with Crippen LogP contribution >= 0.6 is 0 Å². The number of nitrogens with zero attached hydrogens (tertiary/aromatic N) is 4. The van der Waals surface area contributed by atoms with Crippen molar-refractivity contribution in [1.29, 1.82) is 0 Å². The molecule has 0 bridgehead atoms. The van der Waals surface area contributed by atoms with Gasteiger partial charge in [0, 0.05) is 40.7 Å². The first-order chi connectivity index (χ1) is 23.1. The van der Waals surface area contributed by atoms with E-state index in [9.17, 15) is 0 Å². The van der Waals surface area contributed by atoms with E-state index in [2.05, 4.69) is 131 Å². The molecule has 242 valence electrons. The molecule has 0 aliphatic heterocycles. The van der Waals surface area contributed by atoms with Crippen molar-refractivity contribution in [2.24, 2.45) is 0 Å². The van der Waals surface area contributed by atoms with E-state index in [0.717, 1.165) is 61.8 Å². The van der Waals surface area contributed by atoms with E-state index in [4.69, 9.17) is 19.6 Å². The van der Waals surface area contributed by atoms with Crippen LogP contribution in [0.15, 0.2) is 97.2 Å². The minimum absolute atomic E-state index is 0.249. The average Bonchev–Trinajstić information content (AvgIpc) is 3.61. The maximum absolute atomic E-state index is 6.67. The average molecular weight is 635 g/mol. The van der Waals surface area contributed by atoms with Crippen LogP contribution < -0.4 is 9.47 Å². The molecule has 4 aromatic carbocycles. The van der Waals surface area contributed by atoms with Crippen LogP contribution in [-0.4, -0.2) is 26.4 Å². The van der Waals surface area contributed by atoms with Gasteiger partial charge in [-0.1, -0.05) is 64.1 Å². The van der Waals surface area contributed by atoms with Crippen LogP contribution in [0.2, 0.25) is 0 Å². The number of methoxy groups -OCH3 is 1. The number of aryl methyl sites for hydroxylation is 3. The molecule has 3 aromatic heterocycles. The Morgan fingerprint density at radius 1 is 0.646 bits per heavy atom. The van der Waals surface area contributed by atoms with E-state index in [1.807, 2.05) is 18.2 Å². The second kappa shape index (κ2) is 12.3. The van der Waals surface area contributed by atoms with Gasteiger partial charge >= 0.3 is 0 Å². The summed E-state index contributed by atoms with van der Waals surface area (Å²) in [5, 5.41) is 7.60. The Hall–Kier alpha value is -5.36. The lowest BCUT2D eigenvalue weighted by molar-refractivity contribution is 0.414. The van der Waals surface area contributed by atoms with E-state index < -0.39 is 0 Å². The number of rotatable bonds is 8. The summed E-state index contributed by atoms with van der Waals surface area (Å²) < 4.78 is 16.5. The van der Waals surface area contributed by atoms with Gasteiger partial charge in [-0.2, -0.15) is 5.10 Å². The Labute approximate surface area is 282 Å². The zero-order chi connectivity index (χ0) is 33.7. The summed E-state index contributed by atoms with van der Waals surface area (Å²) in [6.45, 7) is 15.5. The van der Waals surface area contributed by atoms with Crippen LogP contribution in [0.25, 0.3) is 44.4 Å². The Morgan fingerprint density at radius 3 is 2.12 bits per heavy atom. The molecule has 0 saturated carbocycles. The molecule has 7 aromatic rings. The van der Waals surface area contributed by atoms with Crippen LogP contribution in [0.5, 0.6) is 17.2 Å². The molecule has 0 fully saturated rings. The first-order valence-electron chi connectivity index (χ1n) is 16.7. The van der Waals surface area contributed by atoms with Gasteiger partial charge in [0.05, 0.1) is 35.2 Å². The van der Waals surface area contributed by atoms with Crippen molar-refractivity contribution in [3.8, 4) is 39.9 Å². The van der Waals surface area contributed by atoms with E-state index in [-0.39, 0.29) is 11.8 Å². The van der Waals surface area contributed by atoms with Gasteiger partial charge in [0.1, 0.15) is 23.1 Å². The van der Waals surface area contributed by atoms with Crippen molar-refractivity contribution in [1.82, 2.24) is 19.3 Å². The zero-order valence-electron chi connectivity index (χ0n) is 29.0. The molecular weight excluding hydrogens is 592 g/mol. The van der Waals surface area contributed by atoms with Crippen molar-refractivity contribution < 1.29 is 9.47 Å². The predicted octanol–water partition coefficient (Wildman–Crippen LogP) is 11.0. The lowest BCUT2D eigenvalue weighted by atomic mass is 9.88. The Morgan fingerprint density at radius 2 is 1.40 bits per heavy atom. The van der Waals surface area contributed by atoms with E-state index >= 15 is 0 Å². The minimum Gasteiger partial charge on any atom is -0.497 e. The number of benzene rings is 4. The molecule has 0 N–H and O–H groups in total. The summed E-state index contributed by atoms with van der Waals surface area (Å²) >= 11 is 0. The summed E-state index contributed by atoms with van der Waals surface area (Å²) in [5.41, 5.74) is 11.6. The molecule has 3 heterocycles. The number of hydrogen-bond donors (Lipinski definition) is 0. The van der Waals surface area contributed by atoms with Crippen LogP contribution in [0.4, 0.5) is 0 Å². The first kappa shape index (κ1) is 31.3. The van der Waals surface area contributed by atoms with Crippen LogP contribution in [0.3, 0.4) is 0 Å². The third-order valence-corrected chi connectivity index (χ3v) is 9.12. The highest BCUT2D eigenvalue weighted by atomic mass is 16.5. The summed E-state index contributed by atoms with van der Waals surface area (Å²) in [5.74, 6) is 3.56. The maximum Gasteiger partial charge on any atom is 0.141 e. The number of aromatic nitrogens is 4. The quantitative estimate of drug-likeness (QED) is 0.167. The van der Waals surface area contributed by atoms with Gasteiger partial charge in [0.25, 0.3) is 0 Å². The van der Waals surface area contributed by atoms with Crippen LogP contribution in [-0.2, 0) is 0 Å². The maximum atomic E-state index is 6.67. The second-order valence-electron chi connectivity index (χ2n) is 13.3. The zero-order valence-corrected chi connectivity index (χ0v) is 29.0. The Balaban J connectivity index is 1.36. The third kappa shape index (κ3) is 5.41. The standard InChI is InChI=1S/C42H42N4O2/c1-25(2)41-40(39-28(6)12-11-13-29(39)7)42(26(3)4)46(44-41)30-20-27(5)21-33(22-30)48-32-16-17-35-34-14-9-10-15-36(34)45(37(35)23-32)38-24-31(47-8)18-19-43-38/h9-26H,1-8H3. The molecule has 0 spiro atoms. The molecule has 0 aliphatic rings. The Bertz CT molecular complexity index is 2290. The van der Waals surface area contributed by atoms with E-state index in [0.29, 0.717) is 0 Å². The molecule has 7 rings (SSSR count). The van der Waals surface area contributed by atoms with Gasteiger partial charge in [-0.25, -0.2) is 9.67 Å². The molecular formula is C42H42N4O2. The van der Waals surface area contributed by atoms with Crippen molar-refractivity contribution in [3.05, 3.63) is 125 Å². The van der Waals surface area contributed by atoms with Crippen molar-refractivity contribution in [2.45, 2.75) is 60.3 Å². The molecule has 6 heteroatoms. The van der Waals surface area contributed by atoms with Crippen molar-refractivity contribution in [2.75, 3.05) is 7.11 Å². The van der Waals surface area contributed by atoms with E-state index in [1.165, 1.54) is 27.9 Å². The number of para-hydroxylation sites is 1. The topological polar surface area (TPSA) is 54.1 Å². The molecule has 48 heavy (non-hydrogen) atoms. The number of fused-ring (bicyclic) bond motifs is 3. The number of pyridine rings is 1. The minimum atomic E-state index is 0.249. The molecule has 0 radical (unpaired) electrons. The van der Waals surface area contributed by atoms with Gasteiger partial charge in [-0.15, -0.1) is 0 Å². The predicted molar refractivity (Wildman–Crippen MR) is 197 cm³/mol. The van der Waals surface area contributed by atoms with Gasteiger partial charge in [-0.3, -0.25) is 4.57 Å². The molecule has 0 amide bonds. The summed E-state index contributed by atoms with van der Waals surface area (Å²) in [6.07, 6.45) is 1.78. The normalized spacial score (nSPS) is 11.7. The highest BCUT2D eigenvalue weighted by Crippen LogP contribution is 2.41. The summed E-state index contributed by atoms with van der Waals surface area (Å²) in [7, 11) is 1.68. The molecule has 0 atom stereocenters. The molecule has 0 aliphatic carbocycles. The first-order valence-corrected chi connectivity index (χ1v) is 16.7. The van der Waals surface area contributed by atoms with Gasteiger partial charge < -0.3 is 9.47 Å². The van der Waals surface area contributed by atoms with Crippen molar-refractivity contribution >= 4 is 21.8 Å². The number of ether oxygens (including phenoxy) is 2. The van der Waals surface area contributed by atoms with Crippen LogP contribution in [0.1, 0.15) is 67.6 Å².